The average molecular weight is 247 g/mol. The predicted octanol–water partition coefficient (Wildman–Crippen LogP) is 2.70. The molecule has 0 aliphatic carbocycles. The molecule has 1 aromatic carbocycles. The fourth-order valence-corrected chi connectivity index (χ4v) is 1.90. The molecule has 1 aromatic heterocycles. The van der Waals surface area contributed by atoms with Crippen LogP contribution in [0.4, 0.5) is 11.6 Å². The van der Waals surface area contributed by atoms with E-state index in [9.17, 15) is 10.1 Å². The highest BCUT2D eigenvalue weighted by molar-refractivity contribution is 5.69. The monoisotopic (exact) mass is 247 g/mol. The third kappa shape index (κ3) is 2.04. The van der Waals surface area contributed by atoms with Gasteiger partial charge in [-0.15, -0.1) is 0 Å². The highest BCUT2D eigenvalue weighted by Crippen LogP contribution is 2.30. The van der Waals surface area contributed by atoms with Crippen LogP contribution in [-0.4, -0.2) is 10.1 Å². The first-order valence-corrected chi connectivity index (χ1v) is 5.53. The van der Waals surface area contributed by atoms with Gasteiger partial charge in [-0.25, -0.2) is 0 Å². The Morgan fingerprint density at radius 2 is 2.17 bits per heavy atom. The standard InChI is InChI=1S/C12H13N3O3/c1-3-10-11(14-18-12(10)13)8-4-7(2)5-9(6-8)15(16)17/h4-6H,3,13H2,1-2H3. The van der Waals surface area contributed by atoms with Crippen LogP contribution >= 0.6 is 0 Å². The van der Waals surface area contributed by atoms with E-state index in [1.807, 2.05) is 13.0 Å². The fraction of sp³-hybridized carbons (Fsp3) is 0.250. The van der Waals surface area contributed by atoms with Crippen LogP contribution < -0.4 is 5.73 Å². The third-order valence-corrected chi connectivity index (χ3v) is 2.72. The van der Waals surface area contributed by atoms with Crippen molar-refractivity contribution in [3.8, 4) is 11.3 Å². The Kier molecular flexibility index (Phi) is 3.01. The maximum absolute atomic E-state index is 10.8. The van der Waals surface area contributed by atoms with Crippen molar-refractivity contribution in [3.05, 3.63) is 39.4 Å². The minimum absolute atomic E-state index is 0.0358. The van der Waals surface area contributed by atoms with E-state index in [0.29, 0.717) is 17.7 Å². The van der Waals surface area contributed by atoms with Gasteiger partial charge >= 0.3 is 0 Å². The van der Waals surface area contributed by atoms with E-state index in [1.54, 1.807) is 6.92 Å². The van der Waals surface area contributed by atoms with Crippen molar-refractivity contribution in [2.75, 3.05) is 5.73 Å². The minimum atomic E-state index is -0.425. The van der Waals surface area contributed by atoms with Gasteiger partial charge < -0.3 is 10.3 Å². The summed E-state index contributed by atoms with van der Waals surface area (Å²) in [4.78, 5) is 10.4. The van der Waals surface area contributed by atoms with E-state index in [-0.39, 0.29) is 11.6 Å². The van der Waals surface area contributed by atoms with Crippen LogP contribution in [0, 0.1) is 17.0 Å². The molecule has 0 fully saturated rings. The summed E-state index contributed by atoms with van der Waals surface area (Å²) >= 11 is 0. The average Bonchev–Trinajstić information content (AvgIpc) is 2.69. The molecule has 0 aliphatic rings. The van der Waals surface area contributed by atoms with Crippen molar-refractivity contribution in [2.45, 2.75) is 20.3 Å². The Bertz CT molecular complexity index is 605. The van der Waals surface area contributed by atoms with Gasteiger partial charge in [0.15, 0.2) is 0 Å². The first kappa shape index (κ1) is 12.1. The lowest BCUT2D eigenvalue weighted by Crippen LogP contribution is -1.93. The number of rotatable bonds is 3. The number of hydrogen-bond acceptors (Lipinski definition) is 5. The molecule has 0 unspecified atom stereocenters. The number of aromatic nitrogens is 1. The predicted molar refractivity (Wildman–Crippen MR) is 67.1 cm³/mol. The second-order valence-electron chi connectivity index (χ2n) is 4.04. The number of aryl methyl sites for hydroxylation is 1. The molecule has 2 rings (SSSR count). The molecule has 6 heteroatoms. The topological polar surface area (TPSA) is 95.2 Å². The van der Waals surface area contributed by atoms with Gasteiger partial charge in [0.25, 0.3) is 5.69 Å². The second-order valence-corrected chi connectivity index (χ2v) is 4.04. The highest BCUT2D eigenvalue weighted by Gasteiger charge is 2.17. The summed E-state index contributed by atoms with van der Waals surface area (Å²) in [5.41, 5.74) is 8.49. The summed E-state index contributed by atoms with van der Waals surface area (Å²) in [6.45, 7) is 3.72. The summed E-state index contributed by atoms with van der Waals surface area (Å²) < 4.78 is 4.94. The van der Waals surface area contributed by atoms with Gasteiger partial charge in [0.05, 0.1) is 4.92 Å². The van der Waals surface area contributed by atoms with E-state index in [1.165, 1.54) is 12.1 Å². The van der Waals surface area contributed by atoms with Crippen molar-refractivity contribution < 1.29 is 9.45 Å². The van der Waals surface area contributed by atoms with Gasteiger partial charge in [0, 0.05) is 23.3 Å². The molecule has 0 radical (unpaired) electrons. The number of nitro benzene ring substituents is 1. The van der Waals surface area contributed by atoms with Crippen LogP contribution in [0.15, 0.2) is 22.7 Å². The lowest BCUT2D eigenvalue weighted by atomic mass is 10.0. The Balaban J connectivity index is 2.60. The minimum Gasteiger partial charge on any atom is -0.367 e. The van der Waals surface area contributed by atoms with Gasteiger partial charge in [-0.3, -0.25) is 10.1 Å². The van der Waals surface area contributed by atoms with Gasteiger partial charge in [0.2, 0.25) is 5.88 Å². The number of nitrogens with zero attached hydrogens (tertiary/aromatic N) is 2. The quantitative estimate of drug-likeness (QED) is 0.664. The smallest absolute Gasteiger partial charge is 0.270 e. The molecule has 0 atom stereocenters. The normalized spacial score (nSPS) is 10.6. The van der Waals surface area contributed by atoms with Crippen LogP contribution in [0.3, 0.4) is 0 Å². The molecule has 0 spiro atoms. The molecule has 0 saturated carbocycles. The van der Waals surface area contributed by atoms with Crippen LogP contribution in [0.5, 0.6) is 0 Å². The Morgan fingerprint density at radius 3 is 2.78 bits per heavy atom. The lowest BCUT2D eigenvalue weighted by molar-refractivity contribution is -0.384. The highest BCUT2D eigenvalue weighted by atomic mass is 16.6. The molecule has 18 heavy (non-hydrogen) atoms. The molecule has 0 bridgehead atoms. The summed E-state index contributed by atoms with van der Waals surface area (Å²) in [6, 6.07) is 4.81. The van der Waals surface area contributed by atoms with E-state index in [2.05, 4.69) is 5.16 Å². The molecule has 94 valence electrons. The number of benzene rings is 1. The van der Waals surface area contributed by atoms with Crippen LogP contribution in [-0.2, 0) is 6.42 Å². The molecular weight excluding hydrogens is 234 g/mol. The van der Waals surface area contributed by atoms with Gasteiger partial charge in [-0.1, -0.05) is 12.1 Å². The SMILES string of the molecule is CCc1c(-c2cc(C)cc([N+](=O)[O-])c2)noc1N. The van der Waals surface area contributed by atoms with Crippen molar-refractivity contribution in [3.63, 3.8) is 0 Å². The Morgan fingerprint density at radius 1 is 1.44 bits per heavy atom. The van der Waals surface area contributed by atoms with Crippen molar-refractivity contribution in [2.24, 2.45) is 0 Å². The molecule has 1 heterocycles. The maximum atomic E-state index is 10.8. The zero-order valence-electron chi connectivity index (χ0n) is 10.1. The number of hydrogen-bond donors (Lipinski definition) is 1. The number of anilines is 1. The van der Waals surface area contributed by atoms with Crippen LogP contribution in [0.1, 0.15) is 18.1 Å². The first-order valence-electron chi connectivity index (χ1n) is 5.53. The molecule has 2 N–H and O–H groups in total. The molecule has 0 saturated heterocycles. The van der Waals surface area contributed by atoms with Crippen molar-refractivity contribution in [1.82, 2.24) is 5.16 Å². The molecular formula is C12H13N3O3. The van der Waals surface area contributed by atoms with Crippen molar-refractivity contribution in [1.29, 1.82) is 0 Å². The summed E-state index contributed by atoms with van der Waals surface area (Å²) in [5, 5.41) is 14.7. The van der Waals surface area contributed by atoms with E-state index >= 15 is 0 Å². The zero-order valence-corrected chi connectivity index (χ0v) is 10.1. The Labute approximate surface area is 104 Å². The fourth-order valence-electron chi connectivity index (χ4n) is 1.90. The van der Waals surface area contributed by atoms with Gasteiger partial charge in [0.1, 0.15) is 5.69 Å². The van der Waals surface area contributed by atoms with Crippen molar-refractivity contribution >= 4 is 11.6 Å². The largest absolute Gasteiger partial charge is 0.367 e. The number of non-ortho nitro benzene ring substituents is 1. The Hall–Kier alpha value is -2.37. The molecule has 6 nitrogen and oxygen atoms in total. The number of nitrogens with two attached hydrogens (primary N) is 1. The van der Waals surface area contributed by atoms with E-state index in [4.69, 9.17) is 10.3 Å². The summed E-state index contributed by atoms with van der Waals surface area (Å²) in [6.07, 6.45) is 0.659. The molecule has 2 aromatic rings. The van der Waals surface area contributed by atoms with E-state index < -0.39 is 4.92 Å². The molecule has 0 amide bonds. The zero-order chi connectivity index (χ0) is 13.3. The maximum Gasteiger partial charge on any atom is 0.270 e. The van der Waals surface area contributed by atoms with Gasteiger partial charge in [-0.2, -0.15) is 0 Å². The van der Waals surface area contributed by atoms with Crippen LogP contribution in [0.25, 0.3) is 11.3 Å². The summed E-state index contributed by atoms with van der Waals surface area (Å²) in [7, 11) is 0. The van der Waals surface area contributed by atoms with E-state index in [0.717, 1.165) is 11.1 Å². The second kappa shape index (κ2) is 4.48. The number of nitro groups is 1. The van der Waals surface area contributed by atoms with Crippen LogP contribution in [0.2, 0.25) is 0 Å². The third-order valence-electron chi connectivity index (χ3n) is 2.72. The number of nitrogen functional groups attached to an aromatic ring is 1. The van der Waals surface area contributed by atoms with Gasteiger partial charge in [-0.05, 0) is 25.0 Å². The lowest BCUT2D eigenvalue weighted by Gasteiger charge is -2.01. The summed E-state index contributed by atoms with van der Waals surface area (Å²) in [5.74, 6) is 0.261. The molecule has 0 aliphatic heterocycles. The first-order chi connectivity index (χ1) is 8.52.